The molecule has 2 N–H and O–H groups in total. The second-order valence-electron chi connectivity index (χ2n) is 6.89. The molecule has 0 saturated carbocycles. The van der Waals surface area contributed by atoms with Gasteiger partial charge in [-0.3, -0.25) is 4.79 Å². The molecule has 160 valence electrons. The summed E-state index contributed by atoms with van der Waals surface area (Å²) in [6.07, 6.45) is 1.22. The molecule has 0 aliphatic heterocycles. The molecule has 0 unspecified atom stereocenters. The van der Waals surface area contributed by atoms with Crippen LogP contribution in [0.1, 0.15) is 33.9 Å². The molecule has 1 atom stereocenters. The van der Waals surface area contributed by atoms with Crippen LogP contribution in [0.15, 0.2) is 36.7 Å². The van der Waals surface area contributed by atoms with Crippen molar-refractivity contribution in [3.8, 4) is 6.01 Å². The van der Waals surface area contributed by atoms with Crippen molar-refractivity contribution >= 4 is 29.3 Å². The minimum absolute atomic E-state index is 0.0818. The van der Waals surface area contributed by atoms with Crippen molar-refractivity contribution in [2.75, 3.05) is 12.4 Å². The third-order valence-corrected chi connectivity index (χ3v) is 5.35. The number of aromatic nitrogens is 3. The van der Waals surface area contributed by atoms with E-state index in [0.29, 0.717) is 24.1 Å². The lowest BCUT2D eigenvalue weighted by molar-refractivity contribution is 0.102. The molecular formula is C20H16ClF2N5O3. The maximum atomic E-state index is 14.7. The first-order valence-electron chi connectivity index (χ1n) is 9.23. The van der Waals surface area contributed by atoms with Gasteiger partial charge in [-0.15, -0.1) is 0 Å². The number of rotatable bonds is 4. The second-order valence-corrected chi connectivity index (χ2v) is 7.30. The van der Waals surface area contributed by atoms with Crippen LogP contribution in [0.3, 0.4) is 0 Å². The molecule has 0 saturated heterocycles. The monoisotopic (exact) mass is 447 g/mol. The molecule has 3 aromatic rings. The number of hydrogen-bond donors (Lipinski definition) is 2. The van der Waals surface area contributed by atoms with Crippen molar-refractivity contribution in [3.05, 3.63) is 70.0 Å². The highest BCUT2D eigenvalue weighted by molar-refractivity contribution is 6.31. The Balaban J connectivity index is 1.58. The predicted octanol–water partition coefficient (Wildman–Crippen LogP) is 4.11. The Kier molecular flexibility index (Phi) is 5.55. The molecular weight excluding hydrogens is 432 g/mol. The summed E-state index contributed by atoms with van der Waals surface area (Å²) in [6, 6.07) is 5.65. The number of carbonyl (C=O) groups is 2. The standard InChI is InChI=1S/C20H16ClF2N5O3/c1-28(20(30)31-19-24-9-25-27-19)16-7-4-11-12(3-6-15(23)17(11)16)18(29)26-10-2-5-14(22)13(21)8-10/h2-3,5-6,8-9,16H,4,7H2,1H3,(H,26,29)(H,24,25,27)/t16-/m0/s1. The summed E-state index contributed by atoms with van der Waals surface area (Å²) < 4.78 is 33.1. The van der Waals surface area contributed by atoms with Crippen molar-refractivity contribution < 1.29 is 23.1 Å². The van der Waals surface area contributed by atoms with E-state index >= 15 is 0 Å². The molecule has 2 amide bonds. The number of benzene rings is 2. The highest BCUT2D eigenvalue weighted by atomic mass is 35.5. The number of halogens is 3. The van der Waals surface area contributed by atoms with Crippen LogP contribution in [-0.4, -0.2) is 39.1 Å². The Labute approximate surface area is 180 Å². The predicted molar refractivity (Wildman–Crippen MR) is 107 cm³/mol. The van der Waals surface area contributed by atoms with E-state index in [1.165, 1.54) is 42.5 Å². The molecule has 31 heavy (non-hydrogen) atoms. The summed E-state index contributed by atoms with van der Waals surface area (Å²) in [5, 5.41) is 8.50. The van der Waals surface area contributed by atoms with Crippen molar-refractivity contribution in [1.82, 2.24) is 20.1 Å². The summed E-state index contributed by atoms with van der Waals surface area (Å²) in [4.78, 5) is 30.2. The Hall–Kier alpha value is -3.53. The van der Waals surface area contributed by atoms with Crippen LogP contribution >= 0.6 is 11.6 Å². The Bertz CT molecular complexity index is 1160. The fourth-order valence-corrected chi connectivity index (χ4v) is 3.77. The molecule has 0 spiro atoms. The zero-order chi connectivity index (χ0) is 22.1. The molecule has 11 heteroatoms. The molecule has 1 aliphatic carbocycles. The number of anilines is 1. The number of carbonyl (C=O) groups excluding carboxylic acids is 2. The number of aromatic amines is 1. The van der Waals surface area contributed by atoms with Crippen LogP contribution in [0, 0.1) is 11.6 Å². The Morgan fingerprint density at radius 1 is 1.26 bits per heavy atom. The maximum Gasteiger partial charge on any atom is 0.417 e. The summed E-state index contributed by atoms with van der Waals surface area (Å²) >= 11 is 5.76. The van der Waals surface area contributed by atoms with Gasteiger partial charge in [0.15, 0.2) is 0 Å². The van der Waals surface area contributed by atoms with Crippen LogP contribution in [0.25, 0.3) is 0 Å². The molecule has 0 radical (unpaired) electrons. The van der Waals surface area contributed by atoms with Gasteiger partial charge >= 0.3 is 12.1 Å². The van der Waals surface area contributed by atoms with E-state index in [9.17, 15) is 18.4 Å². The average molecular weight is 448 g/mol. The lowest BCUT2D eigenvalue weighted by Crippen LogP contribution is -2.33. The topological polar surface area (TPSA) is 100 Å². The molecule has 8 nitrogen and oxygen atoms in total. The van der Waals surface area contributed by atoms with Crippen LogP contribution in [-0.2, 0) is 6.42 Å². The normalized spacial score (nSPS) is 14.8. The number of nitrogens with zero attached hydrogens (tertiary/aromatic N) is 3. The van der Waals surface area contributed by atoms with Crippen molar-refractivity contribution in [3.63, 3.8) is 0 Å². The summed E-state index contributed by atoms with van der Waals surface area (Å²) in [5.41, 5.74) is 1.31. The van der Waals surface area contributed by atoms with Gasteiger partial charge in [0.25, 0.3) is 5.91 Å². The molecule has 0 fully saturated rings. The Morgan fingerprint density at radius 3 is 2.74 bits per heavy atom. The van der Waals surface area contributed by atoms with Gasteiger partial charge in [-0.2, -0.15) is 10.1 Å². The number of ether oxygens (including phenoxy) is 1. The van der Waals surface area contributed by atoms with Gasteiger partial charge in [0.2, 0.25) is 0 Å². The summed E-state index contributed by atoms with van der Waals surface area (Å²) in [6.45, 7) is 0. The molecule has 0 bridgehead atoms. The molecule has 1 heterocycles. The summed E-state index contributed by atoms with van der Waals surface area (Å²) in [7, 11) is 1.48. The summed E-state index contributed by atoms with van der Waals surface area (Å²) in [5.74, 6) is -1.63. The van der Waals surface area contributed by atoms with E-state index in [1.54, 1.807) is 0 Å². The number of amides is 2. The van der Waals surface area contributed by atoms with Gasteiger partial charge in [0.05, 0.1) is 11.1 Å². The van der Waals surface area contributed by atoms with Crippen molar-refractivity contribution in [2.45, 2.75) is 18.9 Å². The van der Waals surface area contributed by atoms with E-state index in [1.807, 2.05) is 0 Å². The van der Waals surface area contributed by atoms with E-state index in [4.69, 9.17) is 16.3 Å². The highest BCUT2D eigenvalue weighted by Crippen LogP contribution is 2.39. The smallest absolute Gasteiger partial charge is 0.374 e. The van der Waals surface area contributed by atoms with E-state index < -0.39 is 29.7 Å². The minimum Gasteiger partial charge on any atom is -0.374 e. The number of fused-ring (bicyclic) bond motifs is 1. The third kappa shape index (κ3) is 4.06. The second kappa shape index (κ2) is 8.31. The fourth-order valence-electron chi connectivity index (χ4n) is 3.59. The molecule has 1 aliphatic rings. The van der Waals surface area contributed by atoms with Gasteiger partial charge < -0.3 is 15.0 Å². The zero-order valence-corrected chi connectivity index (χ0v) is 16.9. The third-order valence-electron chi connectivity index (χ3n) is 5.06. The van der Waals surface area contributed by atoms with Gasteiger partial charge in [0, 0.05) is 23.9 Å². The van der Waals surface area contributed by atoms with Crippen molar-refractivity contribution in [2.24, 2.45) is 0 Å². The minimum atomic E-state index is -0.746. The number of hydrogen-bond acceptors (Lipinski definition) is 5. The van der Waals surface area contributed by atoms with Crippen LogP contribution in [0.4, 0.5) is 19.3 Å². The first-order chi connectivity index (χ1) is 14.8. The zero-order valence-electron chi connectivity index (χ0n) is 16.2. The van der Waals surface area contributed by atoms with E-state index in [2.05, 4.69) is 20.5 Å². The average Bonchev–Trinajstić information content (AvgIpc) is 3.41. The molecule has 1 aromatic heterocycles. The first kappa shape index (κ1) is 20.7. The van der Waals surface area contributed by atoms with E-state index in [-0.39, 0.29) is 22.2 Å². The number of H-pyrrole nitrogens is 1. The fraction of sp³-hybridized carbons (Fsp3) is 0.200. The lowest BCUT2D eigenvalue weighted by Gasteiger charge is -2.24. The molecule has 2 aromatic carbocycles. The first-order valence-corrected chi connectivity index (χ1v) is 9.60. The Morgan fingerprint density at radius 2 is 2.03 bits per heavy atom. The number of nitrogens with one attached hydrogen (secondary N) is 2. The largest absolute Gasteiger partial charge is 0.417 e. The van der Waals surface area contributed by atoms with Gasteiger partial charge in [0.1, 0.15) is 18.0 Å². The van der Waals surface area contributed by atoms with E-state index in [0.717, 1.165) is 6.07 Å². The van der Waals surface area contributed by atoms with Crippen LogP contribution in [0.2, 0.25) is 5.02 Å². The highest BCUT2D eigenvalue weighted by Gasteiger charge is 2.35. The van der Waals surface area contributed by atoms with Crippen LogP contribution < -0.4 is 10.1 Å². The molecule has 4 rings (SSSR count). The maximum absolute atomic E-state index is 14.7. The van der Waals surface area contributed by atoms with Gasteiger partial charge in [-0.25, -0.2) is 18.7 Å². The van der Waals surface area contributed by atoms with Crippen LogP contribution in [0.5, 0.6) is 6.01 Å². The van der Waals surface area contributed by atoms with Crippen molar-refractivity contribution in [1.29, 1.82) is 0 Å². The van der Waals surface area contributed by atoms with Gasteiger partial charge in [-0.1, -0.05) is 11.6 Å². The van der Waals surface area contributed by atoms with Gasteiger partial charge in [-0.05, 0) is 48.7 Å². The SMILES string of the molecule is CN(C(=O)Oc1ncn[nH]1)[C@H]1CCc2c(C(=O)Nc3ccc(F)c(Cl)c3)ccc(F)c21. The quantitative estimate of drug-likeness (QED) is 0.627. The lowest BCUT2D eigenvalue weighted by atomic mass is 10.0.